The maximum absolute atomic E-state index is 6.01. The molecular weight excluding hydrogens is 288 g/mol. The maximum Gasteiger partial charge on any atom is 0.0800 e. The van der Waals surface area contributed by atoms with Gasteiger partial charge >= 0.3 is 0 Å². The van der Waals surface area contributed by atoms with Crippen molar-refractivity contribution in [1.82, 2.24) is 9.78 Å². The molecule has 0 radical (unpaired) electrons. The number of hydrogen-bond acceptors (Lipinski definition) is 3. The van der Waals surface area contributed by atoms with Gasteiger partial charge < -0.3 is 4.74 Å². The second-order valence-electron chi connectivity index (χ2n) is 4.62. The van der Waals surface area contributed by atoms with Gasteiger partial charge in [0.25, 0.3) is 0 Å². The average molecular weight is 303 g/mol. The second kappa shape index (κ2) is 4.35. The molecule has 3 rings (SSSR count). The first-order valence-electron chi connectivity index (χ1n) is 5.69. The van der Waals surface area contributed by atoms with Gasteiger partial charge in [-0.1, -0.05) is 0 Å². The molecule has 2 atom stereocenters. The minimum atomic E-state index is 0.145. The van der Waals surface area contributed by atoms with Crippen LogP contribution in [0.2, 0.25) is 0 Å². The normalized spacial score (nSPS) is 34.7. The Labute approximate surface area is 108 Å². The molecule has 0 aliphatic carbocycles. The van der Waals surface area contributed by atoms with Crippen LogP contribution in [-0.2, 0) is 4.74 Å². The molecular formula is C11H15BrN2OS. The first-order valence-corrected chi connectivity index (χ1v) is 7.64. The number of rotatable bonds is 1. The van der Waals surface area contributed by atoms with Crippen LogP contribution in [0.4, 0.5) is 0 Å². The molecule has 5 heteroatoms. The highest BCUT2D eigenvalue weighted by molar-refractivity contribution is 9.10. The van der Waals surface area contributed by atoms with E-state index in [-0.39, 0.29) is 5.60 Å². The third-order valence-corrected chi connectivity index (χ3v) is 5.11. The summed E-state index contributed by atoms with van der Waals surface area (Å²) >= 11 is 5.47. The first-order chi connectivity index (χ1) is 7.77. The van der Waals surface area contributed by atoms with E-state index >= 15 is 0 Å². The van der Waals surface area contributed by atoms with E-state index in [0.29, 0.717) is 6.04 Å². The Kier molecular flexibility index (Phi) is 3.02. The summed E-state index contributed by atoms with van der Waals surface area (Å²) in [6, 6.07) is 0.513. The van der Waals surface area contributed by atoms with Crippen LogP contribution in [0.15, 0.2) is 16.9 Å². The summed E-state index contributed by atoms with van der Waals surface area (Å²) in [4.78, 5) is 0. The van der Waals surface area contributed by atoms with Crippen molar-refractivity contribution >= 4 is 27.7 Å². The molecule has 2 aliphatic rings. The second-order valence-corrected chi connectivity index (χ2v) is 6.64. The van der Waals surface area contributed by atoms with Gasteiger partial charge in [0.2, 0.25) is 0 Å². The van der Waals surface area contributed by atoms with E-state index in [9.17, 15) is 0 Å². The van der Waals surface area contributed by atoms with Crippen LogP contribution in [0.5, 0.6) is 0 Å². The topological polar surface area (TPSA) is 27.1 Å². The van der Waals surface area contributed by atoms with Gasteiger partial charge in [-0.3, -0.25) is 4.68 Å². The molecule has 3 nitrogen and oxygen atoms in total. The Balaban J connectivity index is 1.77. The van der Waals surface area contributed by atoms with Crippen LogP contribution in [0.25, 0.3) is 0 Å². The van der Waals surface area contributed by atoms with Gasteiger partial charge in [-0.2, -0.15) is 16.9 Å². The van der Waals surface area contributed by atoms with Gasteiger partial charge in [0.1, 0.15) is 0 Å². The molecule has 2 fully saturated rings. The molecule has 0 aromatic carbocycles. The predicted molar refractivity (Wildman–Crippen MR) is 68.8 cm³/mol. The van der Waals surface area contributed by atoms with Crippen molar-refractivity contribution in [3.05, 3.63) is 16.9 Å². The zero-order valence-electron chi connectivity index (χ0n) is 9.06. The van der Waals surface area contributed by atoms with Crippen LogP contribution < -0.4 is 0 Å². The zero-order chi connectivity index (χ0) is 11.0. The van der Waals surface area contributed by atoms with Gasteiger partial charge in [-0.15, -0.1) is 0 Å². The number of hydrogen-bond donors (Lipinski definition) is 0. The molecule has 2 unspecified atom stereocenters. The van der Waals surface area contributed by atoms with Gasteiger partial charge in [-0.25, -0.2) is 0 Å². The number of aromatic nitrogens is 2. The standard InChI is InChI=1S/C11H15BrN2OS/c12-9-6-13-14(7-9)10-1-3-15-11(5-10)2-4-16-8-11/h6-7,10H,1-5,8H2. The fourth-order valence-corrected chi connectivity index (χ4v) is 4.29. The van der Waals surface area contributed by atoms with Crippen LogP contribution in [-0.4, -0.2) is 33.5 Å². The molecule has 1 aromatic heterocycles. The molecule has 88 valence electrons. The lowest BCUT2D eigenvalue weighted by atomic mass is 9.90. The van der Waals surface area contributed by atoms with Gasteiger partial charge in [-0.05, 0) is 40.9 Å². The van der Waals surface area contributed by atoms with Crippen LogP contribution >= 0.6 is 27.7 Å². The third-order valence-electron chi connectivity index (χ3n) is 3.48. The quantitative estimate of drug-likeness (QED) is 0.798. The lowest BCUT2D eigenvalue weighted by Crippen LogP contribution is -2.40. The Bertz CT molecular complexity index is 376. The predicted octanol–water partition coefficient (Wildman–Crippen LogP) is 2.87. The summed E-state index contributed by atoms with van der Waals surface area (Å²) in [5, 5.41) is 4.40. The van der Waals surface area contributed by atoms with E-state index in [0.717, 1.165) is 29.7 Å². The van der Waals surface area contributed by atoms with Crippen LogP contribution in [0.3, 0.4) is 0 Å². The Morgan fingerprint density at radius 3 is 3.25 bits per heavy atom. The average Bonchev–Trinajstić information content (AvgIpc) is 2.89. The highest BCUT2D eigenvalue weighted by Gasteiger charge is 2.41. The fourth-order valence-electron chi connectivity index (χ4n) is 2.61. The van der Waals surface area contributed by atoms with Gasteiger partial charge in [0, 0.05) is 18.6 Å². The zero-order valence-corrected chi connectivity index (χ0v) is 11.5. The Morgan fingerprint density at radius 1 is 1.62 bits per heavy atom. The molecule has 2 aliphatic heterocycles. The molecule has 3 heterocycles. The molecule has 0 N–H and O–H groups in total. The molecule has 2 saturated heterocycles. The van der Waals surface area contributed by atoms with Crippen molar-refractivity contribution in [2.45, 2.75) is 30.9 Å². The minimum absolute atomic E-state index is 0.145. The number of thioether (sulfide) groups is 1. The maximum atomic E-state index is 6.01. The minimum Gasteiger partial charge on any atom is -0.374 e. The van der Waals surface area contributed by atoms with E-state index in [1.807, 2.05) is 18.0 Å². The van der Waals surface area contributed by atoms with Crippen LogP contribution in [0.1, 0.15) is 25.3 Å². The van der Waals surface area contributed by atoms with E-state index in [1.165, 1.54) is 12.2 Å². The Morgan fingerprint density at radius 2 is 2.56 bits per heavy atom. The summed E-state index contributed by atoms with van der Waals surface area (Å²) < 4.78 is 9.17. The molecule has 0 amide bonds. The Hall–Kier alpha value is -0.0000000000000000833. The molecule has 1 aromatic rings. The summed E-state index contributed by atoms with van der Waals surface area (Å²) in [7, 11) is 0. The van der Waals surface area contributed by atoms with Gasteiger partial charge in [0.05, 0.1) is 22.3 Å². The lowest BCUT2D eigenvalue weighted by Gasteiger charge is -2.37. The van der Waals surface area contributed by atoms with E-state index < -0.39 is 0 Å². The van der Waals surface area contributed by atoms with E-state index in [4.69, 9.17) is 4.74 Å². The van der Waals surface area contributed by atoms with Crippen molar-refractivity contribution in [3.63, 3.8) is 0 Å². The van der Waals surface area contributed by atoms with Crippen LogP contribution in [0, 0.1) is 0 Å². The summed E-state index contributed by atoms with van der Waals surface area (Å²) in [6.45, 7) is 0.878. The number of halogens is 1. The van der Waals surface area contributed by atoms with E-state index in [1.54, 1.807) is 0 Å². The van der Waals surface area contributed by atoms with Crippen molar-refractivity contribution in [2.75, 3.05) is 18.1 Å². The highest BCUT2D eigenvalue weighted by Crippen LogP contribution is 2.41. The summed E-state index contributed by atoms with van der Waals surface area (Å²) in [5.74, 6) is 2.40. The number of nitrogens with zero attached hydrogens (tertiary/aromatic N) is 2. The van der Waals surface area contributed by atoms with Gasteiger partial charge in [0.15, 0.2) is 0 Å². The largest absolute Gasteiger partial charge is 0.374 e. The fraction of sp³-hybridized carbons (Fsp3) is 0.727. The molecule has 0 bridgehead atoms. The number of ether oxygens (including phenoxy) is 1. The van der Waals surface area contributed by atoms with Crippen molar-refractivity contribution in [1.29, 1.82) is 0 Å². The summed E-state index contributed by atoms with van der Waals surface area (Å²) in [6.07, 6.45) is 7.35. The molecule has 1 spiro atoms. The van der Waals surface area contributed by atoms with Crippen molar-refractivity contribution in [3.8, 4) is 0 Å². The van der Waals surface area contributed by atoms with Crippen molar-refractivity contribution in [2.24, 2.45) is 0 Å². The van der Waals surface area contributed by atoms with E-state index in [2.05, 4.69) is 31.9 Å². The molecule has 16 heavy (non-hydrogen) atoms. The third kappa shape index (κ3) is 2.05. The SMILES string of the molecule is Brc1cnn(C2CCOC3(CCSC3)C2)c1. The molecule has 0 saturated carbocycles. The summed E-state index contributed by atoms with van der Waals surface area (Å²) in [5.41, 5.74) is 0.145. The lowest BCUT2D eigenvalue weighted by molar-refractivity contribution is -0.0778. The first kappa shape index (κ1) is 11.1. The van der Waals surface area contributed by atoms with Crippen molar-refractivity contribution < 1.29 is 4.74 Å². The smallest absolute Gasteiger partial charge is 0.0800 e. The monoisotopic (exact) mass is 302 g/mol. The highest BCUT2D eigenvalue weighted by atomic mass is 79.9.